The first-order valence-electron chi connectivity index (χ1n) is 11.6. The summed E-state index contributed by atoms with van der Waals surface area (Å²) in [5.74, 6) is -0.157. The SMILES string of the molecule is CCCNC(=O)N1CCC(O)(c2ncc(-c3cc(C)cc(Nc4nccc(C(F)(F)F)n4)c3)s2)CC1. The number of nitrogens with zero attached hydrogens (tertiary/aromatic N) is 4. The molecule has 0 atom stereocenters. The Labute approximate surface area is 210 Å². The van der Waals surface area contributed by atoms with Crippen LogP contribution in [0.25, 0.3) is 10.4 Å². The highest BCUT2D eigenvalue weighted by atomic mass is 32.1. The zero-order valence-corrected chi connectivity index (χ0v) is 20.7. The highest BCUT2D eigenvalue weighted by Crippen LogP contribution is 2.39. The third-order valence-corrected chi connectivity index (χ3v) is 7.11. The fraction of sp³-hybridized carbons (Fsp3) is 0.417. The van der Waals surface area contributed by atoms with Crippen molar-refractivity contribution in [2.75, 3.05) is 25.0 Å². The lowest BCUT2D eigenvalue weighted by Crippen LogP contribution is -2.48. The summed E-state index contributed by atoms with van der Waals surface area (Å²) < 4.78 is 39.0. The smallest absolute Gasteiger partial charge is 0.383 e. The van der Waals surface area contributed by atoms with Gasteiger partial charge in [0, 0.05) is 50.6 Å². The summed E-state index contributed by atoms with van der Waals surface area (Å²) in [6, 6.07) is 6.18. The summed E-state index contributed by atoms with van der Waals surface area (Å²) in [5, 5.41) is 17.5. The van der Waals surface area contributed by atoms with Crippen molar-refractivity contribution in [1.82, 2.24) is 25.2 Å². The van der Waals surface area contributed by atoms with Crippen LogP contribution in [-0.2, 0) is 11.8 Å². The fourth-order valence-corrected chi connectivity index (χ4v) is 5.01. The van der Waals surface area contributed by atoms with Crippen molar-refractivity contribution in [3.05, 3.63) is 52.9 Å². The quantitative estimate of drug-likeness (QED) is 0.419. The van der Waals surface area contributed by atoms with E-state index < -0.39 is 17.5 Å². The summed E-state index contributed by atoms with van der Waals surface area (Å²) in [6.07, 6.45) is -0.206. The molecule has 2 amide bonds. The first-order chi connectivity index (χ1) is 17.1. The molecule has 2 aromatic heterocycles. The number of aryl methyl sites for hydroxylation is 1. The number of aromatic nitrogens is 3. The number of urea groups is 1. The molecule has 3 heterocycles. The standard InChI is InChI=1S/C24H27F3N6O2S/c1-3-7-29-22(34)33-9-5-23(35,6-10-33)20-30-14-18(36-20)16-11-15(2)12-17(13-16)31-21-28-8-4-19(32-21)24(25,26)27/h4,8,11-14,35H,3,5-7,9-10H2,1-2H3,(H,29,34)(H,28,31,32). The molecule has 8 nitrogen and oxygen atoms in total. The Morgan fingerprint density at radius 3 is 2.67 bits per heavy atom. The van der Waals surface area contributed by atoms with Crippen LogP contribution in [0.5, 0.6) is 0 Å². The van der Waals surface area contributed by atoms with E-state index in [1.54, 1.807) is 23.2 Å². The van der Waals surface area contributed by atoms with E-state index in [2.05, 4.69) is 25.6 Å². The number of benzene rings is 1. The van der Waals surface area contributed by atoms with Crippen LogP contribution in [0.15, 0.2) is 36.7 Å². The van der Waals surface area contributed by atoms with Crippen LogP contribution in [0, 0.1) is 6.92 Å². The number of anilines is 2. The molecular weight excluding hydrogens is 493 g/mol. The summed E-state index contributed by atoms with van der Waals surface area (Å²) in [7, 11) is 0. The molecule has 1 aromatic carbocycles. The Bertz CT molecular complexity index is 1220. The molecule has 3 N–H and O–H groups in total. The largest absolute Gasteiger partial charge is 0.433 e. The predicted molar refractivity (Wildman–Crippen MR) is 131 cm³/mol. The van der Waals surface area contributed by atoms with Crippen LogP contribution >= 0.6 is 11.3 Å². The summed E-state index contributed by atoms with van der Waals surface area (Å²) in [6.45, 7) is 5.33. The molecule has 192 valence electrons. The highest BCUT2D eigenvalue weighted by molar-refractivity contribution is 7.15. The van der Waals surface area contributed by atoms with E-state index in [4.69, 9.17) is 0 Å². The molecule has 0 bridgehead atoms. The number of aliphatic hydroxyl groups is 1. The first kappa shape index (κ1) is 25.8. The Morgan fingerprint density at radius 2 is 1.97 bits per heavy atom. The third kappa shape index (κ3) is 5.93. The molecule has 3 aromatic rings. The van der Waals surface area contributed by atoms with Crippen LogP contribution < -0.4 is 10.6 Å². The molecule has 0 aliphatic carbocycles. The lowest BCUT2D eigenvalue weighted by Gasteiger charge is -2.36. The number of alkyl halides is 3. The van der Waals surface area contributed by atoms with Gasteiger partial charge in [-0.1, -0.05) is 13.0 Å². The van der Waals surface area contributed by atoms with E-state index in [9.17, 15) is 23.1 Å². The zero-order valence-electron chi connectivity index (χ0n) is 19.9. The fourth-order valence-electron chi connectivity index (χ4n) is 3.96. The maximum atomic E-state index is 13.0. The van der Waals surface area contributed by atoms with Gasteiger partial charge >= 0.3 is 12.2 Å². The second kappa shape index (κ2) is 10.4. The molecule has 1 saturated heterocycles. The van der Waals surface area contributed by atoms with Crippen LogP contribution in [-0.4, -0.2) is 50.6 Å². The van der Waals surface area contributed by atoms with Crippen molar-refractivity contribution >= 4 is 29.0 Å². The Kier molecular flexibility index (Phi) is 7.46. The van der Waals surface area contributed by atoms with E-state index in [0.717, 1.165) is 34.7 Å². The zero-order chi connectivity index (χ0) is 25.9. The van der Waals surface area contributed by atoms with Gasteiger partial charge in [0.25, 0.3) is 0 Å². The van der Waals surface area contributed by atoms with Crippen molar-refractivity contribution in [1.29, 1.82) is 0 Å². The predicted octanol–water partition coefficient (Wildman–Crippen LogP) is 5.07. The molecule has 0 radical (unpaired) electrons. The lowest BCUT2D eigenvalue weighted by molar-refractivity contribution is -0.141. The molecule has 1 fully saturated rings. The average Bonchev–Trinajstić information content (AvgIpc) is 3.34. The van der Waals surface area contributed by atoms with E-state index in [1.807, 2.05) is 19.9 Å². The second-order valence-corrected chi connectivity index (χ2v) is 9.79. The molecular formula is C24H27F3N6O2S. The molecule has 0 spiro atoms. The van der Waals surface area contributed by atoms with Crippen LogP contribution in [0.3, 0.4) is 0 Å². The van der Waals surface area contributed by atoms with Gasteiger partial charge in [-0.2, -0.15) is 13.2 Å². The number of hydrogen-bond donors (Lipinski definition) is 3. The Balaban J connectivity index is 1.49. The second-order valence-electron chi connectivity index (χ2n) is 8.76. The number of nitrogens with one attached hydrogen (secondary N) is 2. The summed E-state index contributed by atoms with van der Waals surface area (Å²) in [4.78, 5) is 26.6. The van der Waals surface area contributed by atoms with E-state index in [-0.39, 0.29) is 12.0 Å². The van der Waals surface area contributed by atoms with E-state index in [1.165, 1.54) is 11.3 Å². The van der Waals surface area contributed by atoms with Gasteiger partial charge in [0.05, 0.1) is 4.88 Å². The number of rotatable bonds is 6. The van der Waals surface area contributed by atoms with Gasteiger partial charge in [-0.3, -0.25) is 0 Å². The van der Waals surface area contributed by atoms with Crippen LogP contribution in [0.1, 0.15) is 42.5 Å². The minimum absolute atomic E-state index is 0.122. The number of thiazole rings is 1. The van der Waals surface area contributed by atoms with Gasteiger partial charge < -0.3 is 20.6 Å². The van der Waals surface area contributed by atoms with Gasteiger partial charge in [-0.15, -0.1) is 11.3 Å². The van der Waals surface area contributed by atoms with Crippen molar-refractivity contribution in [2.45, 2.75) is 44.9 Å². The van der Waals surface area contributed by atoms with Crippen molar-refractivity contribution in [3.8, 4) is 10.4 Å². The number of carbonyl (C=O) groups is 1. The maximum Gasteiger partial charge on any atom is 0.433 e. The minimum atomic E-state index is -4.56. The molecule has 1 aliphatic heterocycles. The van der Waals surface area contributed by atoms with Gasteiger partial charge in [-0.25, -0.2) is 19.7 Å². The number of carbonyl (C=O) groups excluding carboxylic acids is 1. The number of hydrogen-bond acceptors (Lipinski definition) is 7. The molecule has 0 unspecified atom stereocenters. The van der Waals surface area contributed by atoms with Gasteiger partial charge in [-0.05, 0) is 42.7 Å². The van der Waals surface area contributed by atoms with Crippen LogP contribution in [0.2, 0.25) is 0 Å². The van der Waals surface area contributed by atoms with E-state index in [0.29, 0.717) is 43.2 Å². The number of halogens is 3. The van der Waals surface area contributed by atoms with E-state index >= 15 is 0 Å². The average molecular weight is 521 g/mol. The van der Waals surface area contributed by atoms with Crippen LogP contribution in [0.4, 0.5) is 29.6 Å². The Hall–Kier alpha value is -3.25. The summed E-state index contributed by atoms with van der Waals surface area (Å²) in [5.41, 5.74) is 0.0584. The minimum Gasteiger partial charge on any atom is -0.383 e. The van der Waals surface area contributed by atoms with Gasteiger partial charge in [0.2, 0.25) is 5.95 Å². The monoisotopic (exact) mass is 520 g/mol. The van der Waals surface area contributed by atoms with Gasteiger partial charge in [0.15, 0.2) is 0 Å². The third-order valence-electron chi connectivity index (χ3n) is 5.87. The van der Waals surface area contributed by atoms with Gasteiger partial charge in [0.1, 0.15) is 16.3 Å². The topological polar surface area (TPSA) is 103 Å². The number of amides is 2. The number of likely N-dealkylation sites (tertiary alicyclic amines) is 1. The normalized spacial score (nSPS) is 15.6. The Morgan fingerprint density at radius 1 is 1.22 bits per heavy atom. The molecule has 12 heteroatoms. The number of piperidine rings is 1. The molecule has 1 aliphatic rings. The molecule has 36 heavy (non-hydrogen) atoms. The maximum absolute atomic E-state index is 13.0. The molecule has 4 rings (SSSR count). The van der Waals surface area contributed by atoms with Crippen molar-refractivity contribution in [2.24, 2.45) is 0 Å². The molecule has 0 saturated carbocycles. The first-order valence-corrected chi connectivity index (χ1v) is 12.4. The lowest BCUT2D eigenvalue weighted by atomic mass is 9.92. The summed E-state index contributed by atoms with van der Waals surface area (Å²) >= 11 is 1.36. The van der Waals surface area contributed by atoms with Crippen molar-refractivity contribution in [3.63, 3.8) is 0 Å². The van der Waals surface area contributed by atoms with Crippen molar-refractivity contribution < 1.29 is 23.1 Å². The highest BCUT2D eigenvalue weighted by Gasteiger charge is 2.38.